The average Bonchev–Trinajstić information content (AvgIpc) is 2.99. The minimum absolute atomic E-state index is 0.272. The normalized spacial score (nSPS) is 19.1. The monoisotopic (exact) mass is 339 g/mol. The molecule has 0 bridgehead atoms. The lowest BCUT2D eigenvalue weighted by atomic mass is 9.96. The summed E-state index contributed by atoms with van der Waals surface area (Å²) < 4.78 is 0. The molecule has 1 fully saturated rings. The molecular weight excluding hydrogens is 309 g/mol. The maximum absolute atomic E-state index is 2.75. The van der Waals surface area contributed by atoms with Crippen LogP contribution in [-0.2, 0) is 0 Å². The third-order valence-corrected chi connectivity index (χ3v) is 7.34. The Morgan fingerprint density at radius 1 is 0.917 bits per heavy atom. The summed E-state index contributed by atoms with van der Waals surface area (Å²) >= 11 is 0. The van der Waals surface area contributed by atoms with E-state index in [1.165, 1.54) is 42.7 Å². The van der Waals surface area contributed by atoms with E-state index < -0.39 is 0 Å². The summed E-state index contributed by atoms with van der Waals surface area (Å²) in [7, 11) is -0.272. The molecule has 1 aliphatic heterocycles. The maximum atomic E-state index is 2.75. The van der Waals surface area contributed by atoms with Gasteiger partial charge in [-0.05, 0) is 49.5 Å². The first kappa shape index (κ1) is 17.6. The number of hydrogen-bond donors (Lipinski definition) is 0. The Morgan fingerprint density at radius 3 is 1.96 bits per heavy atom. The summed E-state index contributed by atoms with van der Waals surface area (Å²) in [5, 5.41) is 3.03. The van der Waals surface area contributed by atoms with Crippen molar-refractivity contribution in [2.45, 2.75) is 39.7 Å². The van der Waals surface area contributed by atoms with Gasteiger partial charge in [-0.25, -0.2) is 0 Å². The van der Waals surface area contributed by atoms with Crippen LogP contribution in [0.1, 0.15) is 33.6 Å². The standard InChI is InChI=1S/C22H30NP/c1-22(2,3)18-23-16-10-11-19(23)17-24(20-12-6-4-7-13-20)21-14-8-5-9-15-21/h4-9,12-15,19H,10-11,16-18H2,1-3H3/t19-/m0/s1. The first-order valence-corrected chi connectivity index (χ1v) is 10.7. The van der Waals surface area contributed by atoms with Gasteiger partial charge in [0.15, 0.2) is 0 Å². The molecule has 24 heavy (non-hydrogen) atoms. The molecule has 0 spiro atoms. The first-order chi connectivity index (χ1) is 11.5. The molecule has 128 valence electrons. The van der Waals surface area contributed by atoms with E-state index in [1.807, 2.05) is 0 Å². The van der Waals surface area contributed by atoms with Gasteiger partial charge in [0.1, 0.15) is 0 Å². The first-order valence-electron chi connectivity index (χ1n) is 9.15. The van der Waals surface area contributed by atoms with Gasteiger partial charge in [-0.2, -0.15) is 0 Å². The van der Waals surface area contributed by atoms with E-state index in [0.717, 1.165) is 6.04 Å². The van der Waals surface area contributed by atoms with Crippen molar-refractivity contribution in [2.75, 3.05) is 19.3 Å². The van der Waals surface area contributed by atoms with E-state index in [9.17, 15) is 0 Å². The second-order valence-corrected chi connectivity index (χ2v) is 10.4. The molecular formula is C22H30NP. The number of hydrogen-bond acceptors (Lipinski definition) is 1. The highest BCUT2D eigenvalue weighted by molar-refractivity contribution is 7.73. The highest BCUT2D eigenvalue weighted by Gasteiger charge is 2.30. The zero-order chi connectivity index (χ0) is 17.0. The van der Waals surface area contributed by atoms with Crippen LogP contribution in [0.2, 0.25) is 0 Å². The smallest absolute Gasteiger partial charge is 0.0141 e. The summed E-state index contributed by atoms with van der Waals surface area (Å²) in [4.78, 5) is 2.75. The van der Waals surface area contributed by atoms with Crippen LogP contribution in [-0.4, -0.2) is 30.2 Å². The van der Waals surface area contributed by atoms with Gasteiger partial charge in [0.25, 0.3) is 0 Å². The predicted octanol–water partition coefficient (Wildman–Crippen LogP) is 4.63. The Hall–Kier alpha value is -1.17. The number of benzene rings is 2. The molecule has 0 amide bonds. The fourth-order valence-corrected chi connectivity index (χ4v) is 6.32. The maximum Gasteiger partial charge on any atom is 0.0141 e. The summed E-state index contributed by atoms with van der Waals surface area (Å²) in [5.41, 5.74) is 0.380. The topological polar surface area (TPSA) is 3.24 Å². The third-order valence-electron chi connectivity index (χ3n) is 4.71. The van der Waals surface area contributed by atoms with Gasteiger partial charge >= 0.3 is 0 Å². The van der Waals surface area contributed by atoms with Crippen LogP contribution in [0.5, 0.6) is 0 Å². The Labute approximate surface area is 148 Å². The highest BCUT2D eigenvalue weighted by Crippen LogP contribution is 2.38. The van der Waals surface area contributed by atoms with Crippen molar-refractivity contribution < 1.29 is 0 Å². The van der Waals surface area contributed by atoms with E-state index in [4.69, 9.17) is 0 Å². The van der Waals surface area contributed by atoms with Crippen LogP contribution < -0.4 is 10.6 Å². The largest absolute Gasteiger partial charge is 0.299 e. The highest BCUT2D eigenvalue weighted by atomic mass is 31.1. The number of nitrogens with zero attached hydrogens (tertiary/aromatic N) is 1. The molecule has 2 heteroatoms. The van der Waals surface area contributed by atoms with Gasteiger partial charge in [-0.3, -0.25) is 4.90 Å². The minimum Gasteiger partial charge on any atom is -0.299 e. The minimum atomic E-state index is -0.272. The zero-order valence-corrected chi connectivity index (χ0v) is 16.2. The predicted molar refractivity (Wildman–Crippen MR) is 108 cm³/mol. The molecule has 0 saturated carbocycles. The zero-order valence-electron chi connectivity index (χ0n) is 15.3. The van der Waals surface area contributed by atoms with Crippen molar-refractivity contribution in [1.82, 2.24) is 4.90 Å². The lowest BCUT2D eigenvalue weighted by molar-refractivity contribution is 0.188. The molecule has 0 unspecified atom stereocenters. The van der Waals surface area contributed by atoms with Gasteiger partial charge in [-0.15, -0.1) is 0 Å². The molecule has 0 aliphatic carbocycles. The fourth-order valence-electron chi connectivity index (χ4n) is 3.71. The SMILES string of the molecule is CC(C)(C)CN1CCC[C@H]1CP(c1ccccc1)c1ccccc1. The molecule has 1 nitrogen and oxygen atoms in total. The van der Waals surface area contributed by atoms with Gasteiger partial charge in [0.05, 0.1) is 0 Å². The molecule has 1 aliphatic rings. The molecule has 2 aromatic rings. The van der Waals surface area contributed by atoms with Crippen molar-refractivity contribution in [3.8, 4) is 0 Å². The van der Waals surface area contributed by atoms with Crippen molar-refractivity contribution in [3.63, 3.8) is 0 Å². The average molecular weight is 339 g/mol. The summed E-state index contributed by atoms with van der Waals surface area (Å²) in [6.45, 7) is 9.57. The van der Waals surface area contributed by atoms with Crippen LogP contribution in [0.25, 0.3) is 0 Å². The van der Waals surface area contributed by atoms with Crippen molar-refractivity contribution >= 4 is 18.5 Å². The number of rotatable bonds is 5. The fraction of sp³-hybridized carbons (Fsp3) is 0.455. The van der Waals surface area contributed by atoms with Crippen molar-refractivity contribution in [1.29, 1.82) is 0 Å². The van der Waals surface area contributed by atoms with Crippen LogP contribution >= 0.6 is 7.92 Å². The van der Waals surface area contributed by atoms with Crippen LogP contribution in [0, 0.1) is 5.41 Å². The molecule has 0 aromatic heterocycles. The molecule has 1 saturated heterocycles. The van der Waals surface area contributed by atoms with Crippen molar-refractivity contribution in [2.24, 2.45) is 5.41 Å². The Balaban J connectivity index is 1.82. The summed E-state index contributed by atoms with van der Waals surface area (Å²) in [6, 6.07) is 23.0. The van der Waals surface area contributed by atoms with Crippen molar-refractivity contribution in [3.05, 3.63) is 60.7 Å². The molecule has 1 atom stereocenters. The van der Waals surface area contributed by atoms with Crippen LogP contribution in [0.15, 0.2) is 60.7 Å². The second-order valence-electron chi connectivity index (χ2n) is 8.11. The lowest BCUT2D eigenvalue weighted by Gasteiger charge is -2.33. The summed E-state index contributed by atoms with van der Waals surface area (Å²) in [6.07, 6.45) is 4.00. The van der Waals surface area contributed by atoms with E-state index in [-0.39, 0.29) is 7.92 Å². The van der Waals surface area contributed by atoms with E-state index >= 15 is 0 Å². The van der Waals surface area contributed by atoms with Gasteiger partial charge < -0.3 is 0 Å². The summed E-state index contributed by atoms with van der Waals surface area (Å²) in [5.74, 6) is 0. The molecule has 0 N–H and O–H groups in total. The van der Waals surface area contributed by atoms with Crippen LogP contribution in [0.3, 0.4) is 0 Å². The molecule has 0 radical (unpaired) electrons. The molecule has 2 aromatic carbocycles. The number of likely N-dealkylation sites (tertiary alicyclic amines) is 1. The van der Waals surface area contributed by atoms with E-state index in [0.29, 0.717) is 5.41 Å². The van der Waals surface area contributed by atoms with Crippen LogP contribution in [0.4, 0.5) is 0 Å². The van der Waals surface area contributed by atoms with E-state index in [2.05, 4.69) is 86.3 Å². The Kier molecular flexibility index (Phi) is 5.74. The quantitative estimate of drug-likeness (QED) is 0.718. The van der Waals surface area contributed by atoms with Gasteiger partial charge in [-0.1, -0.05) is 81.4 Å². The third kappa shape index (κ3) is 4.68. The van der Waals surface area contributed by atoms with Gasteiger partial charge in [0.2, 0.25) is 0 Å². The molecule has 3 rings (SSSR count). The second kappa shape index (κ2) is 7.81. The van der Waals surface area contributed by atoms with E-state index in [1.54, 1.807) is 0 Å². The lowest BCUT2D eigenvalue weighted by Crippen LogP contribution is -2.39. The Morgan fingerprint density at radius 2 is 1.46 bits per heavy atom. The Bertz CT molecular complexity index is 578. The van der Waals surface area contributed by atoms with Gasteiger partial charge in [0, 0.05) is 12.6 Å². The molecule has 1 heterocycles.